The molecule has 3 aromatic rings. The molecule has 2 aliphatic carbocycles. The van der Waals surface area contributed by atoms with Crippen molar-refractivity contribution in [2.24, 2.45) is 0 Å². The lowest BCUT2D eigenvalue weighted by Crippen LogP contribution is -2.21. The number of unbranched alkanes of at least 4 members (excludes halogenated alkanes) is 1. The molecule has 2 heterocycles. The average molecular weight is 476 g/mol. The Morgan fingerprint density at radius 2 is 1.71 bits per heavy atom. The predicted octanol–water partition coefficient (Wildman–Crippen LogP) is 6.92. The topological polar surface area (TPSA) is 75.0 Å². The van der Waals surface area contributed by atoms with Gasteiger partial charge in [-0.25, -0.2) is 4.98 Å². The second-order valence-electron chi connectivity index (χ2n) is 10.5. The molecule has 0 saturated heterocycles. The summed E-state index contributed by atoms with van der Waals surface area (Å²) in [4.78, 5) is 9.61. The van der Waals surface area contributed by atoms with Crippen LogP contribution in [0.15, 0.2) is 36.7 Å². The zero-order valence-electron chi connectivity index (χ0n) is 21.2. The number of nitrogens with one attached hydrogen (secondary N) is 2. The van der Waals surface area contributed by atoms with Crippen LogP contribution in [0.25, 0.3) is 22.2 Å². The first-order valence-electron chi connectivity index (χ1n) is 13.9. The third kappa shape index (κ3) is 5.80. The third-order valence-electron chi connectivity index (χ3n) is 7.87. The minimum Gasteiger partial charge on any atom is -0.393 e. The first kappa shape index (κ1) is 24.1. The van der Waals surface area contributed by atoms with Gasteiger partial charge in [-0.05, 0) is 62.6 Å². The number of benzene rings is 1. The number of aliphatic hydroxyl groups is 1. The third-order valence-corrected chi connectivity index (χ3v) is 7.87. The van der Waals surface area contributed by atoms with Gasteiger partial charge in [0.05, 0.1) is 6.10 Å². The van der Waals surface area contributed by atoms with Crippen molar-refractivity contribution in [2.45, 2.75) is 102 Å². The van der Waals surface area contributed by atoms with E-state index in [1.807, 2.05) is 6.20 Å². The van der Waals surface area contributed by atoms with Crippen LogP contribution in [0.5, 0.6) is 0 Å². The maximum Gasteiger partial charge on any atom is 0.224 e. The second kappa shape index (κ2) is 11.4. The summed E-state index contributed by atoms with van der Waals surface area (Å²) in [7, 11) is 0. The maximum atomic E-state index is 10.0. The molecule has 6 nitrogen and oxygen atoms in total. The lowest BCUT2D eigenvalue weighted by Gasteiger charge is -2.27. The molecule has 0 unspecified atom stereocenters. The number of anilines is 2. The summed E-state index contributed by atoms with van der Waals surface area (Å²) in [6.07, 6.45) is 18.0. The quantitative estimate of drug-likeness (QED) is 0.243. The standard InChI is InChI=1S/C29H41N5O/c1-2-3-18-30-29-31-19-26-27(20-34(28(26)33-29)24-14-16-25(35)17-15-24)21-10-12-23(13-11-21)32-22-8-6-4-5-7-9-22/h10-13,19-20,22,24-25,32,35H,2-9,14-18H2,1H3,(H,30,31,33). The van der Waals surface area contributed by atoms with Gasteiger partial charge in [-0.3, -0.25) is 0 Å². The first-order chi connectivity index (χ1) is 17.2. The van der Waals surface area contributed by atoms with Crippen LogP contribution in [0.1, 0.15) is 90.0 Å². The number of aliphatic hydroxyl groups excluding tert-OH is 1. The van der Waals surface area contributed by atoms with Gasteiger partial charge in [-0.15, -0.1) is 0 Å². The lowest BCUT2D eigenvalue weighted by molar-refractivity contribution is 0.111. The smallest absolute Gasteiger partial charge is 0.224 e. The van der Waals surface area contributed by atoms with Crippen molar-refractivity contribution in [1.82, 2.24) is 14.5 Å². The Kier molecular flexibility index (Phi) is 7.87. The first-order valence-corrected chi connectivity index (χ1v) is 13.9. The second-order valence-corrected chi connectivity index (χ2v) is 10.5. The average Bonchev–Trinajstić information content (AvgIpc) is 3.06. The number of hydrogen-bond donors (Lipinski definition) is 3. The minimum atomic E-state index is -0.165. The molecule has 2 saturated carbocycles. The van der Waals surface area contributed by atoms with Crippen molar-refractivity contribution >= 4 is 22.7 Å². The van der Waals surface area contributed by atoms with Crippen molar-refractivity contribution in [3.05, 3.63) is 36.7 Å². The molecule has 0 atom stereocenters. The molecule has 35 heavy (non-hydrogen) atoms. The number of hydrogen-bond acceptors (Lipinski definition) is 5. The summed E-state index contributed by atoms with van der Waals surface area (Å²) in [6.45, 7) is 3.08. The summed E-state index contributed by atoms with van der Waals surface area (Å²) in [5.74, 6) is 0.704. The number of aromatic nitrogens is 3. The van der Waals surface area contributed by atoms with Gasteiger partial charge in [0.2, 0.25) is 5.95 Å². The number of rotatable bonds is 8. The maximum absolute atomic E-state index is 10.0. The SMILES string of the molecule is CCCCNc1ncc2c(-c3ccc(NC4CCCCCC4)cc3)cn(C3CCC(O)CC3)c2n1. The highest BCUT2D eigenvalue weighted by atomic mass is 16.3. The van der Waals surface area contributed by atoms with Crippen LogP contribution in [0.4, 0.5) is 11.6 Å². The van der Waals surface area contributed by atoms with Gasteiger partial charge in [-0.1, -0.05) is 51.2 Å². The van der Waals surface area contributed by atoms with Gasteiger partial charge in [-0.2, -0.15) is 4.98 Å². The highest BCUT2D eigenvalue weighted by molar-refractivity contribution is 5.94. The Hall–Kier alpha value is -2.60. The molecule has 188 valence electrons. The van der Waals surface area contributed by atoms with E-state index in [9.17, 15) is 5.11 Å². The van der Waals surface area contributed by atoms with E-state index >= 15 is 0 Å². The Morgan fingerprint density at radius 1 is 0.971 bits per heavy atom. The van der Waals surface area contributed by atoms with Crippen molar-refractivity contribution in [3.8, 4) is 11.1 Å². The molecule has 0 radical (unpaired) electrons. The van der Waals surface area contributed by atoms with E-state index in [2.05, 4.69) is 57.6 Å². The molecule has 1 aromatic carbocycles. The Morgan fingerprint density at radius 3 is 2.43 bits per heavy atom. The number of nitrogens with zero attached hydrogens (tertiary/aromatic N) is 3. The molecule has 0 spiro atoms. The van der Waals surface area contributed by atoms with E-state index in [-0.39, 0.29) is 6.10 Å². The molecule has 0 aliphatic heterocycles. The van der Waals surface area contributed by atoms with E-state index in [4.69, 9.17) is 4.98 Å². The van der Waals surface area contributed by atoms with Gasteiger partial charge in [0.15, 0.2) is 0 Å². The summed E-state index contributed by atoms with van der Waals surface area (Å²) in [6, 6.07) is 9.87. The normalized spacial score (nSPS) is 21.7. The summed E-state index contributed by atoms with van der Waals surface area (Å²) in [5, 5.41) is 18.3. The summed E-state index contributed by atoms with van der Waals surface area (Å²) >= 11 is 0. The summed E-state index contributed by atoms with van der Waals surface area (Å²) < 4.78 is 2.35. The molecule has 2 aromatic heterocycles. The van der Waals surface area contributed by atoms with Crippen LogP contribution < -0.4 is 10.6 Å². The molecule has 3 N–H and O–H groups in total. The van der Waals surface area contributed by atoms with Gasteiger partial charge in [0.25, 0.3) is 0 Å². The lowest BCUT2D eigenvalue weighted by atomic mass is 9.93. The Balaban J connectivity index is 1.42. The van der Waals surface area contributed by atoms with Crippen LogP contribution in [0, 0.1) is 0 Å². The zero-order chi connectivity index (χ0) is 24.0. The van der Waals surface area contributed by atoms with Crippen LogP contribution in [0.3, 0.4) is 0 Å². The van der Waals surface area contributed by atoms with E-state index in [0.717, 1.165) is 56.1 Å². The van der Waals surface area contributed by atoms with Crippen molar-refractivity contribution < 1.29 is 5.11 Å². The fourth-order valence-corrected chi connectivity index (χ4v) is 5.74. The van der Waals surface area contributed by atoms with Gasteiger partial charge >= 0.3 is 0 Å². The van der Waals surface area contributed by atoms with Gasteiger partial charge in [0, 0.05) is 47.7 Å². The van der Waals surface area contributed by atoms with Crippen LogP contribution in [-0.2, 0) is 0 Å². The fraction of sp³-hybridized carbons (Fsp3) is 0.586. The van der Waals surface area contributed by atoms with E-state index < -0.39 is 0 Å². The van der Waals surface area contributed by atoms with Crippen molar-refractivity contribution in [3.63, 3.8) is 0 Å². The Labute approximate surface area is 209 Å². The minimum absolute atomic E-state index is 0.165. The molecule has 2 fully saturated rings. The van der Waals surface area contributed by atoms with Crippen LogP contribution in [-0.4, -0.2) is 38.3 Å². The number of fused-ring (bicyclic) bond motifs is 1. The van der Waals surface area contributed by atoms with Gasteiger partial charge in [0.1, 0.15) is 5.65 Å². The molecule has 0 bridgehead atoms. The van der Waals surface area contributed by atoms with Crippen molar-refractivity contribution in [1.29, 1.82) is 0 Å². The largest absolute Gasteiger partial charge is 0.393 e. The molecule has 0 amide bonds. The zero-order valence-corrected chi connectivity index (χ0v) is 21.2. The molecular formula is C29H41N5O. The van der Waals surface area contributed by atoms with E-state index in [0.29, 0.717) is 18.0 Å². The predicted molar refractivity (Wildman–Crippen MR) is 145 cm³/mol. The highest BCUT2D eigenvalue weighted by Gasteiger charge is 2.24. The molecule has 6 heteroatoms. The van der Waals surface area contributed by atoms with Crippen molar-refractivity contribution in [2.75, 3.05) is 17.2 Å². The molecule has 2 aliphatic rings. The summed E-state index contributed by atoms with van der Waals surface area (Å²) in [5.41, 5.74) is 4.60. The van der Waals surface area contributed by atoms with Crippen LogP contribution >= 0.6 is 0 Å². The monoisotopic (exact) mass is 475 g/mol. The van der Waals surface area contributed by atoms with Crippen LogP contribution in [0.2, 0.25) is 0 Å². The highest BCUT2D eigenvalue weighted by Crippen LogP contribution is 2.37. The van der Waals surface area contributed by atoms with E-state index in [1.54, 1.807) is 0 Å². The van der Waals surface area contributed by atoms with Gasteiger partial charge < -0.3 is 20.3 Å². The Bertz CT molecular complexity index is 1080. The van der Waals surface area contributed by atoms with E-state index in [1.165, 1.54) is 55.3 Å². The molecule has 5 rings (SSSR count). The molecular weight excluding hydrogens is 434 g/mol. The fourth-order valence-electron chi connectivity index (χ4n) is 5.74.